The molecule has 1 amide bonds. The van der Waals surface area contributed by atoms with E-state index in [-0.39, 0.29) is 5.92 Å². The van der Waals surface area contributed by atoms with Gasteiger partial charge < -0.3 is 15.6 Å². The average molecular weight is 251 g/mol. The molecular weight excluding hydrogens is 230 g/mol. The third-order valence-electron chi connectivity index (χ3n) is 3.06. The normalized spacial score (nSPS) is 14.3. The summed E-state index contributed by atoms with van der Waals surface area (Å²) in [7, 11) is 0. The van der Waals surface area contributed by atoms with Crippen LogP contribution >= 0.6 is 0 Å². The van der Waals surface area contributed by atoms with Crippen molar-refractivity contribution in [2.24, 2.45) is 11.7 Å². The summed E-state index contributed by atoms with van der Waals surface area (Å²) < 4.78 is 5.03. The summed E-state index contributed by atoms with van der Waals surface area (Å²) >= 11 is 0. The van der Waals surface area contributed by atoms with Crippen molar-refractivity contribution >= 4 is 6.09 Å². The number of rotatable bonds is 4. The lowest BCUT2D eigenvalue weighted by atomic mass is 9.90. The monoisotopic (exact) mass is 251 g/mol. The molecule has 0 spiro atoms. The maximum atomic E-state index is 10.9. The summed E-state index contributed by atoms with van der Waals surface area (Å²) in [6.07, 6.45) is -2.36. The number of carbonyl (C=O) groups excluding carboxylic acids is 1. The summed E-state index contributed by atoms with van der Waals surface area (Å²) in [5, 5.41) is 10.4. The Bertz CT molecular complexity index is 409. The maximum absolute atomic E-state index is 10.9. The Balaban J connectivity index is 3.09. The summed E-state index contributed by atoms with van der Waals surface area (Å²) in [6.45, 7) is 7.61. The fraction of sp³-hybridized carbons (Fsp3) is 0.500. The Morgan fingerprint density at radius 3 is 2.17 bits per heavy atom. The minimum Gasteiger partial charge on any atom is -0.443 e. The molecule has 0 fully saturated rings. The van der Waals surface area contributed by atoms with Crippen LogP contribution in [0.1, 0.15) is 36.6 Å². The van der Waals surface area contributed by atoms with Crippen LogP contribution in [0.2, 0.25) is 0 Å². The van der Waals surface area contributed by atoms with E-state index in [4.69, 9.17) is 10.5 Å². The van der Waals surface area contributed by atoms with Gasteiger partial charge in [-0.25, -0.2) is 4.79 Å². The Hall–Kier alpha value is -1.55. The first kappa shape index (κ1) is 14.5. The number of nitrogens with two attached hydrogens (primary N) is 1. The number of amides is 1. The standard InChI is InChI=1S/C14H21NO3/c1-8(2)13(18-14(15)17)12(16)11-9(3)6-5-7-10(11)4/h5-8,12-13,16H,1-4H3,(H2,15,17). The number of hydrogen-bond donors (Lipinski definition) is 2. The fourth-order valence-electron chi connectivity index (χ4n) is 2.16. The third-order valence-corrected chi connectivity index (χ3v) is 3.06. The van der Waals surface area contributed by atoms with E-state index in [1.807, 2.05) is 45.9 Å². The molecule has 4 heteroatoms. The van der Waals surface area contributed by atoms with E-state index in [9.17, 15) is 9.90 Å². The van der Waals surface area contributed by atoms with Gasteiger partial charge in [-0.2, -0.15) is 0 Å². The van der Waals surface area contributed by atoms with Gasteiger partial charge in [0.25, 0.3) is 0 Å². The van der Waals surface area contributed by atoms with Gasteiger partial charge in [-0.15, -0.1) is 0 Å². The zero-order valence-corrected chi connectivity index (χ0v) is 11.3. The van der Waals surface area contributed by atoms with Crippen molar-refractivity contribution in [2.75, 3.05) is 0 Å². The van der Waals surface area contributed by atoms with E-state index in [0.717, 1.165) is 16.7 Å². The van der Waals surface area contributed by atoms with Gasteiger partial charge in [0.2, 0.25) is 0 Å². The molecule has 0 aliphatic rings. The Labute approximate surface area is 108 Å². The molecule has 1 aromatic carbocycles. The number of aryl methyl sites for hydroxylation is 2. The third kappa shape index (κ3) is 3.23. The predicted octanol–water partition coefficient (Wildman–Crippen LogP) is 2.46. The van der Waals surface area contributed by atoms with Crippen molar-refractivity contribution in [3.8, 4) is 0 Å². The molecule has 18 heavy (non-hydrogen) atoms. The van der Waals surface area contributed by atoms with Gasteiger partial charge in [0.1, 0.15) is 12.2 Å². The number of aliphatic hydroxyl groups is 1. The van der Waals surface area contributed by atoms with Crippen LogP contribution in [0.25, 0.3) is 0 Å². The molecular formula is C14H21NO3. The van der Waals surface area contributed by atoms with Gasteiger partial charge in [0.05, 0.1) is 0 Å². The summed E-state index contributed by atoms with van der Waals surface area (Å²) in [5.41, 5.74) is 7.80. The average Bonchev–Trinajstić information content (AvgIpc) is 2.24. The predicted molar refractivity (Wildman–Crippen MR) is 70.2 cm³/mol. The van der Waals surface area contributed by atoms with Crippen molar-refractivity contribution < 1.29 is 14.6 Å². The zero-order valence-electron chi connectivity index (χ0n) is 11.3. The highest BCUT2D eigenvalue weighted by atomic mass is 16.6. The van der Waals surface area contributed by atoms with Crippen LogP contribution in [0.15, 0.2) is 18.2 Å². The summed E-state index contributed by atoms with van der Waals surface area (Å²) in [5.74, 6) is -0.0218. The van der Waals surface area contributed by atoms with Gasteiger partial charge in [-0.1, -0.05) is 32.0 Å². The molecule has 0 saturated heterocycles. The van der Waals surface area contributed by atoms with Crippen molar-refractivity contribution in [3.05, 3.63) is 34.9 Å². The number of hydrogen-bond acceptors (Lipinski definition) is 3. The first-order valence-corrected chi connectivity index (χ1v) is 6.04. The molecule has 2 unspecified atom stereocenters. The lowest BCUT2D eigenvalue weighted by Gasteiger charge is -2.27. The molecule has 3 N–H and O–H groups in total. The number of benzene rings is 1. The van der Waals surface area contributed by atoms with Gasteiger partial charge in [0, 0.05) is 0 Å². The molecule has 0 radical (unpaired) electrons. The molecule has 0 aromatic heterocycles. The van der Waals surface area contributed by atoms with Crippen LogP contribution in [0, 0.1) is 19.8 Å². The second-order valence-corrected chi connectivity index (χ2v) is 4.90. The van der Waals surface area contributed by atoms with E-state index in [1.165, 1.54) is 0 Å². The maximum Gasteiger partial charge on any atom is 0.404 e. The molecule has 4 nitrogen and oxygen atoms in total. The van der Waals surface area contributed by atoms with Crippen molar-refractivity contribution in [3.63, 3.8) is 0 Å². The smallest absolute Gasteiger partial charge is 0.404 e. The molecule has 1 rings (SSSR count). The highest BCUT2D eigenvalue weighted by Crippen LogP contribution is 2.29. The first-order chi connectivity index (χ1) is 8.34. The number of ether oxygens (including phenoxy) is 1. The van der Waals surface area contributed by atoms with Crippen LogP contribution in [0.3, 0.4) is 0 Å². The topological polar surface area (TPSA) is 72.6 Å². The zero-order chi connectivity index (χ0) is 13.9. The van der Waals surface area contributed by atoms with Crippen LogP contribution < -0.4 is 5.73 Å². The van der Waals surface area contributed by atoms with E-state index in [2.05, 4.69) is 0 Å². The lowest BCUT2D eigenvalue weighted by Crippen LogP contribution is -2.33. The Morgan fingerprint density at radius 2 is 1.78 bits per heavy atom. The molecule has 0 heterocycles. The SMILES string of the molecule is Cc1cccc(C)c1C(O)C(OC(N)=O)C(C)C. The van der Waals surface area contributed by atoms with Gasteiger partial charge in [-0.3, -0.25) is 0 Å². The lowest BCUT2D eigenvalue weighted by molar-refractivity contribution is -0.0201. The van der Waals surface area contributed by atoms with E-state index < -0.39 is 18.3 Å². The summed E-state index contributed by atoms with van der Waals surface area (Å²) in [4.78, 5) is 10.9. The summed E-state index contributed by atoms with van der Waals surface area (Å²) in [6, 6.07) is 5.78. The largest absolute Gasteiger partial charge is 0.443 e. The molecule has 1 aromatic rings. The minimum absolute atomic E-state index is 0.0218. The molecule has 100 valence electrons. The highest BCUT2D eigenvalue weighted by Gasteiger charge is 2.29. The molecule has 0 bridgehead atoms. The molecule has 2 atom stereocenters. The minimum atomic E-state index is -0.862. The Kier molecular flexibility index (Phi) is 4.73. The van der Waals surface area contributed by atoms with Crippen LogP contribution in [-0.2, 0) is 4.74 Å². The first-order valence-electron chi connectivity index (χ1n) is 6.04. The van der Waals surface area contributed by atoms with Crippen molar-refractivity contribution in [1.29, 1.82) is 0 Å². The second-order valence-electron chi connectivity index (χ2n) is 4.90. The van der Waals surface area contributed by atoms with Crippen LogP contribution in [0.4, 0.5) is 4.79 Å². The van der Waals surface area contributed by atoms with Crippen molar-refractivity contribution in [2.45, 2.75) is 39.9 Å². The molecule has 0 aliphatic heterocycles. The van der Waals surface area contributed by atoms with Gasteiger partial charge in [0.15, 0.2) is 0 Å². The number of primary amides is 1. The quantitative estimate of drug-likeness (QED) is 0.863. The van der Waals surface area contributed by atoms with Gasteiger partial charge >= 0.3 is 6.09 Å². The fourth-order valence-corrected chi connectivity index (χ4v) is 2.16. The number of carbonyl (C=O) groups is 1. The van der Waals surface area contributed by atoms with Gasteiger partial charge in [-0.05, 0) is 36.5 Å². The highest BCUT2D eigenvalue weighted by molar-refractivity contribution is 5.65. The Morgan fingerprint density at radius 1 is 1.28 bits per heavy atom. The number of aliphatic hydroxyl groups excluding tert-OH is 1. The van der Waals surface area contributed by atoms with E-state index in [1.54, 1.807) is 0 Å². The molecule has 0 aliphatic carbocycles. The second kappa shape index (κ2) is 5.87. The van der Waals surface area contributed by atoms with Crippen LogP contribution in [-0.4, -0.2) is 17.3 Å². The van der Waals surface area contributed by atoms with E-state index >= 15 is 0 Å². The van der Waals surface area contributed by atoms with Crippen LogP contribution in [0.5, 0.6) is 0 Å². The van der Waals surface area contributed by atoms with Crippen molar-refractivity contribution in [1.82, 2.24) is 0 Å². The van der Waals surface area contributed by atoms with E-state index in [0.29, 0.717) is 0 Å². The molecule has 0 saturated carbocycles.